The zero-order valence-electron chi connectivity index (χ0n) is 17.7. The smallest absolute Gasteiger partial charge is 0.274 e. The van der Waals surface area contributed by atoms with E-state index in [-0.39, 0.29) is 34.3 Å². The highest BCUT2D eigenvalue weighted by atomic mass is 16.5. The van der Waals surface area contributed by atoms with E-state index in [0.29, 0.717) is 34.5 Å². The van der Waals surface area contributed by atoms with Crippen molar-refractivity contribution in [2.24, 2.45) is 0 Å². The van der Waals surface area contributed by atoms with E-state index in [4.69, 9.17) is 9.26 Å². The van der Waals surface area contributed by atoms with Crippen LogP contribution in [0.1, 0.15) is 43.7 Å². The molecular formula is C23H26N2O5. The van der Waals surface area contributed by atoms with Crippen LogP contribution in [-0.4, -0.2) is 34.9 Å². The Morgan fingerprint density at radius 3 is 2.37 bits per heavy atom. The molecule has 0 bridgehead atoms. The SMILES string of the molecule is CCNC(=O)c1noc(-c2cc(C(C)(C)C)c(O)cc2O)c1-c1ccc(OC)cc1. The van der Waals surface area contributed by atoms with E-state index >= 15 is 0 Å². The zero-order chi connectivity index (χ0) is 22.1. The minimum Gasteiger partial charge on any atom is -0.508 e. The molecule has 3 rings (SSSR count). The van der Waals surface area contributed by atoms with Crippen molar-refractivity contribution in [3.8, 4) is 39.7 Å². The fraction of sp³-hybridized carbons (Fsp3) is 0.304. The maximum absolute atomic E-state index is 12.6. The van der Waals surface area contributed by atoms with Gasteiger partial charge >= 0.3 is 0 Å². The molecule has 1 aromatic heterocycles. The van der Waals surface area contributed by atoms with Crippen molar-refractivity contribution >= 4 is 5.91 Å². The largest absolute Gasteiger partial charge is 0.508 e. The number of nitrogens with zero attached hydrogens (tertiary/aromatic N) is 1. The number of phenols is 2. The first-order chi connectivity index (χ1) is 14.2. The van der Waals surface area contributed by atoms with Gasteiger partial charge in [-0.1, -0.05) is 38.1 Å². The molecule has 0 saturated carbocycles. The van der Waals surface area contributed by atoms with E-state index in [0.717, 1.165) is 0 Å². The third kappa shape index (κ3) is 3.96. The highest BCUT2D eigenvalue weighted by molar-refractivity contribution is 6.02. The van der Waals surface area contributed by atoms with Crippen molar-refractivity contribution < 1.29 is 24.3 Å². The van der Waals surface area contributed by atoms with Crippen LogP contribution in [0.15, 0.2) is 40.9 Å². The van der Waals surface area contributed by atoms with Gasteiger partial charge in [-0.3, -0.25) is 4.79 Å². The number of phenolic OH excluding ortho intramolecular Hbond substituents is 2. The summed E-state index contributed by atoms with van der Waals surface area (Å²) in [4.78, 5) is 12.6. The van der Waals surface area contributed by atoms with Gasteiger partial charge in [-0.05, 0) is 36.1 Å². The molecule has 7 nitrogen and oxygen atoms in total. The average molecular weight is 410 g/mol. The van der Waals surface area contributed by atoms with Crippen molar-refractivity contribution in [2.45, 2.75) is 33.1 Å². The van der Waals surface area contributed by atoms with Gasteiger partial charge in [0.05, 0.1) is 18.2 Å². The summed E-state index contributed by atoms with van der Waals surface area (Å²) in [6.07, 6.45) is 0. The van der Waals surface area contributed by atoms with Crippen LogP contribution in [0.2, 0.25) is 0 Å². The van der Waals surface area contributed by atoms with Gasteiger partial charge in [-0.15, -0.1) is 0 Å². The van der Waals surface area contributed by atoms with Crippen LogP contribution in [-0.2, 0) is 5.41 Å². The molecule has 0 aliphatic carbocycles. The first-order valence-corrected chi connectivity index (χ1v) is 9.66. The molecule has 0 aliphatic rings. The molecule has 0 fully saturated rings. The molecular weight excluding hydrogens is 384 g/mol. The molecule has 7 heteroatoms. The summed E-state index contributed by atoms with van der Waals surface area (Å²) in [5.74, 6) is 0.336. The van der Waals surface area contributed by atoms with Crippen LogP contribution < -0.4 is 10.1 Å². The van der Waals surface area contributed by atoms with E-state index < -0.39 is 0 Å². The Morgan fingerprint density at radius 1 is 1.13 bits per heavy atom. The summed E-state index contributed by atoms with van der Waals surface area (Å²) in [6.45, 7) is 8.10. The number of hydrogen-bond donors (Lipinski definition) is 3. The highest BCUT2D eigenvalue weighted by Gasteiger charge is 2.28. The Bertz CT molecular complexity index is 1060. The Kier molecular flexibility index (Phi) is 5.73. The maximum atomic E-state index is 12.6. The van der Waals surface area contributed by atoms with E-state index in [2.05, 4.69) is 10.5 Å². The van der Waals surface area contributed by atoms with Crippen molar-refractivity contribution in [3.05, 3.63) is 47.7 Å². The number of benzene rings is 2. The molecule has 2 aromatic carbocycles. The van der Waals surface area contributed by atoms with Gasteiger partial charge in [0.1, 0.15) is 17.2 Å². The lowest BCUT2D eigenvalue weighted by atomic mass is 9.84. The molecule has 0 unspecified atom stereocenters. The zero-order valence-corrected chi connectivity index (χ0v) is 17.7. The summed E-state index contributed by atoms with van der Waals surface area (Å²) >= 11 is 0. The molecule has 0 radical (unpaired) electrons. The molecule has 0 aliphatic heterocycles. The number of methoxy groups -OCH3 is 1. The summed E-state index contributed by atoms with van der Waals surface area (Å²) in [7, 11) is 1.57. The fourth-order valence-electron chi connectivity index (χ4n) is 3.26. The Labute approximate surface area is 175 Å². The Balaban J connectivity index is 2.27. The number of ether oxygens (including phenoxy) is 1. The van der Waals surface area contributed by atoms with Gasteiger partial charge in [-0.25, -0.2) is 0 Å². The predicted molar refractivity (Wildman–Crippen MR) is 114 cm³/mol. The van der Waals surface area contributed by atoms with E-state index in [9.17, 15) is 15.0 Å². The van der Waals surface area contributed by atoms with E-state index in [1.807, 2.05) is 27.7 Å². The summed E-state index contributed by atoms with van der Waals surface area (Å²) in [5.41, 5.74) is 1.83. The summed E-state index contributed by atoms with van der Waals surface area (Å²) in [6, 6.07) is 10.1. The fourth-order valence-corrected chi connectivity index (χ4v) is 3.26. The molecule has 1 heterocycles. The van der Waals surface area contributed by atoms with Crippen molar-refractivity contribution in [1.82, 2.24) is 10.5 Å². The molecule has 3 N–H and O–H groups in total. The van der Waals surface area contributed by atoms with Crippen molar-refractivity contribution in [2.75, 3.05) is 13.7 Å². The van der Waals surface area contributed by atoms with Gasteiger partial charge in [0, 0.05) is 18.2 Å². The Hall–Kier alpha value is -3.48. The minimum absolute atomic E-state index is 0.0155. The highest BCUT2D eigenvalue weighted by Crippen LogP contribution is 2.44. The maximum Gasteiger partial charge on any atom is 0.274 e. The topological polar surface area (TPSA) is 105 Å². The van der Waals surface area contributed by atoms with Gasteiger partial charge in [0.25, 0.3) is 5.91 Å². The molecule has 0 saturated heterocycles. The van der Waals surface area contributed by atoms with Crippen LogP contribution in [0.25, 0.3) is 22.5 Å². The molecule has 0 spiro atoms. The third-order valence-corrected chi connectivity index (χ3v) is 4.79. The first kappa shape index (κ1) is 21.2. The lowest BCUT2D eigenvalue weighted by Crippen LogP contribution is -2.23. The quantitative estimate of drug-likeness (QED) is 0.573. The van der Waals surface area contributed by atoms with Crippen molar-refractivity contribution in [1.29, 1.82) is 0 Å². The Morgan fingerprint density at radius 2 is 1.80 bits per heavy atom. The summed E-state index contributed by atoms with van der Waals surface area (Å²) in [5, 5.41) is 27.6. The van der Waals surface area contributed by atoms with Crippen LogP contribution in [0, 0.1) is 0 Å². The normalized spacial score (nSPS) is 11.4. The molecule has 3 aromatic rings. The predicted octanol–water partition coefficient (Wildman–Crippen LogP) is 4.48. The second kappa shape index (κ2) is 8.10. The molecule has 0 atom stereocenters. The lowest BCUT2D eigenvalue weighted by molar-refractivity contribution is 0.0947. The van der Waals surface area contributed by atoms with Gasteiger partial charge < -0.3 is 24.8 Å². The van der Waals surface area contributed by atoms with Crippen LogP contribution >= 0.6 is 0 Å². The number of amides is 1. The van der Waals surface area contributed by atoms with Crippen LogP contribution in [0.4, 0.5) is 0 Å². The van der Waals surface area contributed by atoms with Gasteiger partial charge in [0.15, 0.2) is 11.5 Å². The number of carbonyl (C=O) groups is 1. The minimum atomic E-state index is -0.382. The standard InChI is InChI=1S/C23H26N2O5/c1-6-24-22(28)20-19(13-7-9-14(29-5)10-8-13)21(30-25-20)15-11-16(23(2,3)4)18(27)12-17(15)26/h7-12,26-27H,6H2,1-5H3,(H,24,28). The first-order valence-electron chi connectivity index (χ1n) is 9.66. The second-order valence-electron chi connectivity index (χ2n) is 7.96. The summed E-state index contributed by atoms with van der Waals surface area (Å²) < 4.78 is 10.8. The molecule has 30 heavy (non-hydrogen) atoms. The number of carbonyl (C=O) groups excluding carboxylic acids is 1. The molecule has 1 amide bonds. The van der Waals surface area contributed by atoms with Crippen LogP contribution in [0.3, 0.4) is 0 Å². The van der Waals surface area contributed by atoms with Crippen LogP contribution in [0.5, 0.6) is 17.2 Å². The third-order valence-electron chi connectivity index (χ3n) is 4.79. The lowest BCUT2D eigenvalue weighted by Gasteiger charge is -2.21. The molecule has 158 valence electrons. The number of hydrogen-bond acceptors (Lipinski definition) is 6. The average Bonchev–Trinajstić information content (AvgIpc) is 3.12. The van der Waals surface area contributed by atoms with Gasteiger partial charge in [-0.2, -0.15) is 0 Å². The van der Waals surface area contributed by atoms with E-state index in [1.54, 1.807) is 37.4 Å². The monoisotopic (exact) mass is 410 g/mol. The number of rotatable bonds is 5. The second-order valence-corrected chi connectivity index (χ2v) is 7.96. The number of aromatic nitrogens is 1. The van der Waals surface area contributed by atoms with Crippen molar-refractivity contribution in [3.63, 3.8) is 0 Å². The number of nitrogens with one attached hydrogen (secondary N) is 1. The number of aromatic hydroxyl groups is 2. The van der Waals surface area contributed by atoms with Gasteiger partial charge in [0.2, 0.25) is 0 Å². The van der Waals surface area contributed by atoms with E-state index in [1.165, 1.54) is 6.07 Å².